The molecule has 1 aliphatic heterocycles. The van der Waals surface area contributed by atoms with Crippen molar-refractivity contribution >= 4 is 22.4 Å². The molecule has 5 rings (SSSR count). The van der Waals surface area contributed by atoms with Crippen molar-refractivity contribution in [3.8, 4) is 28.4 Å². The van der Waals surface area contributed by atoms with Gasteiger partial charge in [-0.15, -0.1) is 11.3 Å². The lowest BCUT2D eigenvalue weighted by Gasteiger charge is -2.25. The van der Waals surface area contributed by atoms with Gasteiger partial charge in [-0.25, -0.2) is 9.37 Å². The Kier molecular flexibility index (Phi) is 5.14. The molecule has 2 aromatic heterocycles. The average molecular weight is 450 g/mol. The third-order valence-corrected chi connectivity index (χ3v) is 6.08. The van der Waals surface area contributed by atoms with Crippen LogP contribution >= 0.6 is 11.3 Å². The molecule has 0 bridgehead atoms. The van der Waals surface area contributed by atoms with Gasteiger partial charge in [-0.2, -0.15) is 0 Å². The highest BCUT2D eigenvalue weighted by Gasteiger charge is 2.28. The van der Waals surface area contributed by atoms with Crippen molar-refractivity contribution in [2.24, 2.45) is 0 Å². The minimum Gasteiger partial charge on any atom is -0.485 e. The molecular formula is C24H20FN3O3S. The molecule has 1 amide bonds. The summed E-state index contributed by atoms with van der Waals surface area (Å²) in [6.07, 6.45) is -0.749. The van der Waals surface area contributed by atoms with E-state index in [0.29, 0.717) is 16.6 Å². The number of halogens is 1. The number of benzene rings is 2. The number of amides is 1. The molecule has 3 heterocycles. The fourth-order valence-electron chi connectivity index (χ4n) is 3.80. The van der Waals surface area contributed by atoms with Crippen molar-refractivity contribution in [2.75, 3.05) is 11.9 Å². The summed E-state index contributed by atoms with van der Waals surface area (Å²) in [4.78, 5) is 17.3. The molecule has 1 atom stereocenters. The van der Waals surface area contributed by atoms with Gasteiger partial charge in [0.25, 0.3) is 5.91 Å². The summed E-state index contributed by atoms with van der Waals surface area (Å²) in [7, 11) is 0. The molecular weight excluding hydrogens is 429 g/mol. The molecule has 162 valence electrons. The standard InChI is InChI=1S/C24H20FN3O3S/c1-14-11-18(15(2)28(14)17-9-7-16(25)8-10-17)19-13-32-24(26-19)27-23(29)22-12-30-20-5-3-4-6-21(20)31-22/h3-11,13,22H,12H2,1-2H3,(H,26,27,29)/t22-/m0/s1. The summed E-state index contributed by atoms with van der Waals surface area (Å²) in [6, 6.07) is 15.7. The van der Waals surface area contributed by atoms with E-state index >= 15 is 0 Å². The number of carbonyl (C=O) groups excluding carboxylic acids is 1. The average Bonchev–Trinajstić information content (AvgIpc) is 3.37. The molecule has 0 fully saturated rings. The normalized spacial score (nSPS) is 14.9. The Morgan fingerprint density at radius 1 is 1.16 bits per heavy atom. The number of aromatic nitrogens is 2. The number of thiazole rings is 1. The van der Waals surface area contributed by atoms with Crippen LogP contribution in [-0.4, -0.2) is 28.2 Å². The molecule has 0 saturated heterocycles. The van der Waals surface area contributed by atoms with Crippen LogP contribution in [0.3, 0.4) is 0 Å². The number of rotatable bonds is 4. The number of anilines is 1. The summed E-state index contributed by atoms with van der Waals surface area (Å²) < 4.78 is 26.8. The molecule has 0 aliphatic carbocycles. The van der Waals surface area contributed by atoms with Crippen LogP contribution in [0.2, 0.25) is 0 Å². The number of ether oxygens (including phenoxy) is 2. The summed E-state index contributed by atoms with van der Waals surface area (Å²) in [5.41, 5.74) is 4.59. The molecule has 1 N–H and O–H groups in total. The molecule has 0 radical (unpaired) electrons. The van der Waals surface area contributed by atoms with E-state index in [1.807, 2.05) is 37.4 Å². The zero-order chi connectivity index (χ0) is 22.2. The van der Waals surface area contributed by atoms with E-state index in [4.69, 9.17) is 9.47 Å². The van der Waals surface area contributed by atoms with Crippen LogP contribution in [-0.2, 0) is 4.79 Å². The van der Waals surface area contributed by atoms with E-state index in [1.165, 1.54) is 23.5 Å². The maximum atomic E-state index is 13.3. The molecule has 4 aromatic rings. The number of nitrogens with zero attached hydrogens (tertiary/aromatic N) is 2. The Hall–Kier alpha value is -3.65. The quantitative estimate of drug-likeness (QED) is 0.469. The Morgan fingerprint density at radius 3 is 2.69 bits per heavy atom. The lowest BCUT2D eigenvalue weighted by atomic mass is 10.2. The van der Waals surface area contributed by atoms with Gasteiger partial charge in [0.1, 0.15) is 12.4 Å². The van der Waals surface area contributed by atoms with E-state index in [-0.39, 0.29) is 18.3 Å². The predicted octanol–water partition coefficient (Wildman–Crippen LogP) is 5.14. The van der Waals surface area contributed by atoms with E-state index < -0.39 is 6.10 Å². The van der Waals surface area contributed by atoms with Crippen molar-refractivity contribution in [3.63, 3.8) is 0 Å². The van der Waals surface area contributed by atoms with Crippen LogP contribution in [0.15, 0.2) is 60.0 Å². The zero-order valence-electron chi connectivity index (χ0n) is 17.5. The lowest BCUT2D eigenvalue weighted by molar-refractivity contribution is -0.125. The molecule has 1 aliphatic rings. The first-order valence-corrected chi connectivity index (χ1v) is 11.0. The number of hydrogen-bond acceptors (Lipinski definition) is 5. The third-order valence-electron chi connectivity index (χ3n) is 5.33. The van der Waals surface area contributed by atoms with Gasteiger partial charge in [0.2, 0.25) is 6.10 Å². The van der Waals surface area contributed by atoms with Gasteiger partial charge < -0.3 is 14.0 Å². The first-order chi connectivity index (χ1) is 15.5. The fraction of sp³-hybridized carbons (Fsp3) is 0.167. The molecule has 0 unspecified atom stereocenters. The van der Waals surface area contributed by atoms with Gasteiger partial charge in [0.05, 0.1) is 5.69 Å². The number of aryl methyl sites for hydroxylation is 1. The van der Waals surface area contributed by atoms with E-state index in [0.717, 1.165) is 28.3 Å². The largest absolute Gasteiger partial charge is 0.485 e. The Labute approximate surface area is 188 Å². The fourth-order valence-corrected chi connectivity index (χ4v) is 4.51. The Bertz CT molecular complexity index is 1300. The minimum atomic E-state index is -0.749. The van der Waals surface area contributed by atoms with E-state index in [9.17, 15) is 9.18 Å². The first-order valence-electron chi connectivity index (χ1n) is 10.1. The van der Waals surface area contributed by atoms with Crippen molar-refractivity contribution in [1.82, 2.24) is 9.55 Å². The molecule has 6 nitrogen and oxygen atoms in total. The number of nitrogens with one attached hydrogen (secondary N) is 1. The Morgan fingerprint density at radius 2 is 1.91 bits per heavy atom. The Balaban J connectivity index is 1.34. The third kappa shape index (κ3) is 3.73. The van der Waals surface area contributed by atoms with Crippen LogP contribution in [0, 0.1) is 19.7 Å². The van der Waals surface area contributed by atoms with Crippen LogP contribution in [0.1, 0.15) is 11.4 Å². The summed E-state index contributed by atoms with van der Waals surface area (Å²) in [5, 5.41) is 5.21. The molecule has 2 aromatic carbocycles. The van der Waals surface area contributed by atoms with Gasteiger partial charge in [0, 0.05) is 28.0 Å². The maximum Gasteiger partial charge on any atom is 0.270 e. The predicted molar refractivity (Wildman–Crippen MR) is 121 cm³/mol. The highest BCUT2D eigenvalue weighted by Crippen LogP contribution is 2.33. The van der Waals surface area contributed by atoms with Gasteiger partial charge in [-0.1, -0.05) is 12.1 Å². The second-order valence-electron chi connectivity index (χ2n) is 7.49. The van der Waals surface area contributed by atoms with Gasteiger partial charge in [-0.3, -0.25) is 10.1 Å². The van der Waals surface area contributed by atoms with E-state index in [2.05, 4.69) is 14.9 Å². The maximum absolute atomic E-state index is 13.3. The minimum absolute atomic E-state index is 0.139. The number of hydrogen-bond donors (Lipinski definition) is 1. The molecule has 0 saturated carbocycles. The van der Waals surface area contributed by atoms with Crippen LogP contribution < -0.4 is 14.8 Å². The second-order valence-corrected chi connectivity index (χ2v) is 8.35. The first kappa shape index (κ1) is 20.3. The highest BCUT2D eigenvalue weighted by atomic mass is 32.1. The van der Waals surface area contributed by atoms with Gasteiger partial charge in [0.15, 0.2) is 16.6 Å². The summed E-state index contributed by atoms with van der Waals surface area (Å²) in [5.74, 6) is 0.598. The summed E-state index contributed by atoms with van der Waals surface area (Å²) >= 11 is 1.35. The van der Waals surface area contributed by atoms with Crippen molar-refractivity contribution in [1.29, 1.82) is 0 Å². The monoisotopic (exact) mass is 449 g/mol. The second kappa shape index (κ2) is 8.12. The van der Waals surface area contributed by atoms with Crippen molar-refractivity contribution < 1.29 is 18.7 Å². The van der Waals surface area contributed by atoms with Crippen molar-refractivity contribution in [2.45, 2.75) is 20.0 Å². The highest BCUT2D eigenvalue weighted by molar-refractivity contribution is 7.14. The van der Waals surface area contributed by atoms with Crippen LogP contribution in [0.25, 0.3) is 16.9 Å². The van der Waals surface area contributed by atoms with Crippen LogP contribution in [0.5, 0.6) is 11.5 Å². The summed E-state index contributed by atoms with van der Waals surface area (Å²) in [6.45, 7) is 4.13. The van der Waals surface area contributed by atoms with Crippen molar-refractivity contribution in [3.05, 3.63) is 77.2 Å². The number of fused-ring (bicyclic) bond motifs is 1. The molecule has 8 heteroatoms. The number of carbonyl (C=O) groups is 1. The van der Waals surface area contributed by atoms with E-state index in [1.54, 1.807) is 24.3 Å². The molecule has 32 heavy (non-hydrogen) atoms. The molecule has 0 spiro atoms. The van der Waals surface area contributed by atoms with Crippen LogP contribution in [0.4, 0.5) is 9.52 Å². The van der Waals surface area contributed by atoms with Gasteiger partial charge in [-0.05, 0) is 56.3 Å². The smallest absolute Gasteiger partial charge is 0.270 e. The SMILES string of the molecule is Cc1cc(-c2csc(NC(=O)[C@@H]3COc4ccccc4O3)n2)c(C)n1-c1ccc(F)cc1. The van der Waals surface area contributed by atoms with Gasteiger partial charge >= 0.3 is 0 Å². The lowest BCUT2D eigenvalue weighted by Crippen LogP contribution is -2.40. The topological polar surface area (TPSA) is 65.4 Å². The zero-order valence-corrected chi connectivity index (χ0v) is 18.3. The number of para-hydroxylation sites is 2.